The van der Waals surface area contributed by atoms with Gasteiger partial charge in [-0.15, -0.1) is 0 Å². The largest absolute Gasteiger partial charge is 0.507 e. The molecule has 3 rings (SSSR count). The molecule has 0 aromatic heterocycles. The maximum atomic E-state index is 12.7. The lowest BCUT2D eigenvalue weighted by Crippen LogP contribution is -2.11. The Balaban J connectivity index is 2.09. The van der Waals surface area contributed by atoms with Crippen LogP contribution in [-0.4, -0.2) is 16.7 Å². The van der Waals surface area contributed by atoms with Gasteiger partial charge < -0.3 is 9.84 Å². The Kier molecular flexibility index (Phi) is 1.67. The van der Waals surface area contributed by atoms with Crippen LogP contribution in [0.15, 0.2) is 30.0 Å². The van der Waals surface area contributed by atoms with Crippen molar-refractivity contribution in [3.63, 3.8) is 0 Å². The van der Waals surface area contributed by atoms with Gasteiger partial charge in [-0.1, -0.05) is 12.1 Å². The third-order valence-corrected chi connectivity index (χ3v) is 3.00. The maximum absolute atomic E-state index is 12.7. The zero-order chi connectivity index (χ0) is 11.3. The minimum Gasteiger partial charge on any atom is -0.507 e. The summed E-state index contributed by atoms with van der Waals surface area (Å²) in [4.78, 5) is 11.6. The second-order valence-electron chi connectivity index (χ2n) is 4.11. The van der Waals surface area contributed by atoms with Crippen LogP contribution in [0.1, 0.15) is 18.4 Å². The maximum Gasteiger partial charge on any atom is 0.343 e. The van der Waals surface area contributed by atoms with E-state index in [9.17, 15) is 14.3 Å². The second-order valence-corrected chi connectivity index (χ2v) is 4.11. The molecule has 1 aliphatic heterocycles. The highest BCUT2D eigenvalue weighted by Crippen LogP contribution is 2.52. The lowest BCUT2D eigenvalue weighted by Gasteiger charge is -2.04. The zero-order valence-electron chi connectivity index (χ0n) is 8.37. The molecule has 16 heavy (non-hydrogen) atoms. The minimum atomic E-state index is -0.763. The summed E-state index contributed by atoms with van der Waals surface area (Å²) in [5.74, 6) is -0.915. The zero-order valence-corrected chi connectivity index (χ0v) is 8.37. The summed E-state index contributed by atoms with van der Waals surface area (Å²) in [5.41, 5.74) is -0.106. The van der Waals surface area contributed by atoms with Gasteiger partial charge in [0.15, 0.2) is 11.4 Å². The molecule has 0 amide bonds. The molecule has 0 saturated heterocycles. The van der Waals surface area contributed by atoms with E-state index < -0.39 is 11.6 Å². The van der Waals surface area contributed by atoms with Crippen LogP contribution in [0.5, 0.6) is 0 Å². The van der Waals surface area contributed by atoms with Gasteiger partial charge in [-0.3, -0.25) is 0 Å². The fraction of sp³-hybridized carbons (Fsp3) is 0.250. The summed E-state index contributed by atoms with van der Waals surface area (Å²) in [6.45, 7) is 0. The van der Waals surface area contributed by atoms with E-state index in [1.807, 2.05) is 0 Å². The van der Waals surface area contributed by atoms with Crippen molar-refractivity contribution in [1.82, 2.24) is 0 Å². The van der Waals surface area contributed by atoms with Crippen LogP contribution in [-0.2, 0) is 9.53 Å². The molecule has 1 N–H and O–H groups in total. The van der Waals surface area contributed by atoms with E-state index in [0.29, 0.717) is 18.4 Å². The van der Waals surface area contributed by atoms with Gasteiger partial charge in [-0.05, 0) is 30.5 Å². The van der Waals surface area contributed by atoms with Crippen molar-refractivity contribution in [1.29, 1.82) is 0 Å². The first kappa shape index (κ1) is 9.39. The van der Waals surface area contributed by atoms with Crippen molar-refractivity contribution < 1.29 is 19.0 Å². The second kappa shape index (κ2) is 2.84. The van der Waals surface area contributed by atoms with Gasteiger partial charge in [0.2, 0.25) is 0 Å². The number of hydrogen-bond acceptors (Lipinski definition) is 3. The van der Waals surface area contributed by atoms with Gasteiger partial charge >= 0.3 is 5.97 Å². The molecule has 1 aliphatic carbocycles. The lowest BCUT2D eigenvalue weighted by atomic mass is 10.0. The number of aliphatic hydroxyl groups excluding tert-OH is 1. The third-order valence-electron chi connectivity index (χ3n) is 3.00. The average molecular weight is 220 g/mol. The van der Waals surface area contributed by atoms with Crippen molar-refractivity contribution in [2.75, 3.05) is 0 Å². The number of esters is 1. The van der Waals surface area contributed by atoms with E-state index in [4.69, 9.17) is 4.74 Å². The van der Waals surface area contributed by atoms with Crippen LogP contribution in [0, 0.1) is 5.82 Å². The van der Waals surface area contributed by atoms with Crippen molar-refractivity contribution in [3.8, 4) is 0 Å². The number of halogens is 1. The highest BCUT2D eigenvalue weighted by atomic mass is 19.1. The first-order valence-electron chi connectivity index (χ1n) is 5.05. The van der Waals surface area contributed by atoms with Gasteiger partial charge in [-0.25, -0.2) is 9.18 Å². The van der Waals surface area contributed by atoms with Gasteiger partial charge in [0.1, 0.15) is 11.4 Å². The molecule has 1 heterocycles. The van der Waals surface area contributed by atoms with Crippen LogP contribution >= 0.6 is 0 Å². The first-order chi connectivity index (χ1) is 7.62. The van der Waals surface area contributed by atoms with E-state index in [-0.39, 0.29) is 17.1 Å². The average Bonchev–Trinajstić information content (AvgIpc) is 2.97. The Hall–Kier alpha value is -1.84. The van der Waals surface area contributed by atoms with Crippen molar-refractivity contribution in [2.45, 2.75) is 18.4 Å². The summed E-state index contributed by atoms with van der Waals surface area (Å²) in [6.07, 6.45) is 1.32. The number of benzene rings is 1. The highest BCUT2D eigenvalue weighted by Gasteiger charge is 2.57. The monoisotopic (exact) mass is 220 g/mol. The Morgan fingerprint density at radius 3 is 2.38 bits per heavy atom. The minimum absolute atomic E-state index is 0.0101. The normalized spacial score (nSPS) is 21.4. The van der Waals surface area contributed by atoms with E-state index in [1.165, 1.54) is 24.3 Å². The predicted molar refractivity (Wildman–Crippen MR) is 54.0 cm³/mol. The molecule has 2 aliphatic rings. The molecular formula is C12H9FO3. The molecule has 1 fully saturated rings. The SMILES string of the molecule is O=C1OC2(CC2)C(O)=C1c1ccc(F)cc1. The molecule has 4 heteroatoms. The van der Waals surface area contributed by atoms with Gasteiger partial charge in [0.05, 0.1) is 0 Å². The predicted octanol–water partition coefficient (Wildman–Crippen LogP) is 2.18. The summed E-state index contributed by atoms with van der Waals surface area (Å²) in [7, 11) is 0. The Labute approximate surface area is 91.2 Å². The quantitative estimate of drug-likeness (QED) is 0.738. The molecule has 0 atom stereocenters. The van der Waals surface area contributed by atoms with Crippen LogP contribution in [0.3, 0.4) is 0 Å². The van der Waals surface area contributed by atoms with Gasteiger partial charge in [-0.2, -0.15) is 0 Å². The smallest absolute Gasteiger partial charge is 0.343 e. The van der Waals surface area contributed by atoms with E-state index in [0.717, 1.165) is 0 Å². The molecule has 1 aromatic rings. The highest BCUT2D eigenvalue weighted by molar-refractivity contribution is 6.19. The first-order valence-corrected chi connectivity index (χ1v) is 5.05. The summed E-state index contributed by atoms with van der Waals surface area (Å²) in [5, 5.41) is 9.91. The molecule has 1 spiro atoms. The molecule has 82 valence electrons. The van der Waals surface area contributed by atoms with Crippen LogP contribution in [0.2, 0.25) is 0 Å². The molecule has 0 unspecified atom stereocenters. The van der Waals surface area contributed by atoms with Crippen LogP contribution < -0.4 is 0 Å². The molecule has 3 nitrogen and oxygen atoms in total. The number of aliphatic hydroxyl groups is 1. The van der Waals surface area contributed by atoms with E-state index >= 15 is 0 Å². The third kappa shape index (κ3) is 1.16. The molecule has 1 aromatic carbocycles. The number of ether oxygens (including phenoxy) is 1. The molecule has 0 radical (unpaired) electrons. The van der Waals surface area contributed by atoms with Crippen molar-refractivity contribution in [3.05, 3.63) is 41.4 Å². The standard InChI is InChI=1S/C12H9FO3/c13-8-3-1-7(2-4-8)9-10(14)12(5-6-12)16-11(9)15/h1-4,14H,5-6H2. The van der Waals surface area contributed by atoms with Crippen molar-refractivity contribution in [2.24, 2.45) is 0 Å². The molecule has 1 saturated carbocycles. The topological polar surface area (TPSA) is 46.5 Å². The van der Waals surface area contributed by atoms with Gasteiger partial charge in [0, 0.05) is 0 Å². The Morgan fingerprint density at radius 1 is 1.25 bits per heavy atom. The Morgan fingerprint density at radius 2 is 1.88 bits per heavy atom. The van der Waals surface area contributed by atoms with Crippen LogP contribution in [0.25, 0.3) is 5.57 Å². The lowest BCUT2D eigenvalue weighted by molar-refractivity contribution is -0.140. The number of rotatable bonds is 1. The molecule has 0 bridgehead atoms. The number of carbonyl (C=O) groups is 1. The summed E-state index contributed by atoms with van der Waals surface area (Å²) >= 11 is 0. The molecular weight excluding hydrogens is 211 g/mol. The van der Waals surface area contributed by atoms with Gasteiger partial charge in [0.25, 0.3) is 0 Å². The van der Waals surface area contributed by atoms with Crippen LogP contribution in [0.4, 0.5) is 4.39 Å². The number of carbonyl (C=O) groups excluding carboxylic acids is 1. The van der Waals surface area contributed by atoms with E-state index in [1.54, 1.807) is 0 Å². The summed E-state index contributed by atoms with van der Waals surface area (Å²) < 4.78 is 17.9. The van der Waals surface area contributed by atoms with Crippen molar-refractivity contribution >= 4 is 11.5 Å². The summed E-state index contributed by atoms with van der Waals surface area (Å²) in [6, 6.07) is 5.43. The fourth-order valence-electron chi connectivity index (χ4n) is 1.92. The Bertz CT molecular complexity index is 498. The fourth-order valence-corrected chi connectivity index (χ4v) is 1.92. The number of hydrogen-bond donors (Lipinski definition) is 1. The van der Waals surface area contributed by atoms with E-state index in [2.05, 4.69) is 0 Å².